The summed E-state index contributed by atoms with van der Waals surface area (Å²) in [5.41, 5.74) is 1.37. The molecule has 0 radical (unpaired) electrons. The van der Waals surface area contributed by atoms with Crippen LogP contribution >= 0.6 is 0 Å². The molecule has 1 N–H and O–H groups in total. The molecular formula is C16H18FN3O. The first kappa shape index (κ1) is 12.8. The van der Waals surface area contributed by atoms with Gasteiger partial charge in [0.05, 0.1) is 11.2 Å². The maximum Gasteiger partial charge on any atom is 0.189 e. The van der Waals surface area contributed by atoms with Crippen LogP contribution in [0.3, 0.4) is 0 Å². The van der Waals surface area contributed by atoms with Crippen molar-refractivity contribution in [3.8, 4) is 0 Å². The van der Waals surface area contributed by atoms with E-state index in [4.69, 9.17) is 0 Å². The summed E-state index contributed by atoms with van der Waals surface area (Å²) < 4.78 is 16.5. The highest BCUT2D eigenvalue weighted by molar-refractivity contribution is 5.83. The Bertz CT molecular complexity index is 745. The molecule has 2 heterocycles. The zero-order chi connectivity index (χ0) is 14.4. The van der Waals surface area contributed by atoms with E-state index >= 15 is 0 Å². The highest BCUT2D eigenvalue weighted by Crippen LogP contribution is 2.37. The minimum Gasteiger partial charge on any atom is -0.367 e. The second-order valence-electron chi connectivity index (χ2n) is 5.88. The van der Waals surface area contributed by atoms with E-state index in [1.807, 2.05) is 12.3 Å². The summed E-state index contributed by atoms with van der Waals surface area (Å²) in [5, 5.41) is 3.76. The highest BCUT2D eigenvalue weighted by atomic mass is 19.1. The number of nitrogens with one attached hydrogen (secondary N) is 1. The quantitative estimate of drug-likeness (QED) is 0.916. The Hall–Kier alpha value is -1.88. The van der Waals surface area contributed by atoms with Crippen LogP contribution in [0.2, 0.25) is 0 Å². The molecule has 0 amide bonds. The lowest BCUT2D eigenvalue weighted by molar-refractivity contribution is 0.567. The number of fused-ring (bicyclic) bond motifs is 1. The maximum absolute atomic E-state index is 14.4. The molecule has 2 aromatic rings. The fourth-order valence-corrected chi connectivity index (χ4v) is 3.10. The molecule has 0 unspecified atom stereocenters. The monoisotopic (exact) mass is 287 g/mol. The average molecular weight is 287 g/mol. The number of nitrogens with zero attached hydrogens (tertiary/aromatic N) is 2. The molecule has 0 atom stereocenters. The van der Waals surface area contributed by atoms with E-state index in [1.54, 1.807) is 6.07 Å². The summed E-state index contributed by atoms with van der Waals surface area (Å²) >= 11 is 0. The predicted molar refractivity (Wildman–Crippen MR) is 81.5 cm³/mol. The van der Waals surface area contributed by atoms with E-state index < -0.39 is 0 Å². The number of anilines is 1. The molecular weight excluding hydrogens is 269 g/mol. The van der Waals surface area contributed by atoms with E-state index in [-0.39, 0.29) is 11.2 Å². The molecule has 4 nitrogen and oxygen atoms in total. The Morgan fingerprint density at radius 3 is 2.67 bits per heavy atom. The summed E-state index contributed by atoms with van der Waals surface area (Å²) in [7, 11) is 0. The lowest BCUT2D eigenvalue weighted by Crippen LogP contribution is -2.43. The van der Waals surface area contributed by atoms with Crippen molar-refractivity contribution in [2.45, 2.75) is 18.9 Å². The van der Waals surface area contributed by atoms with Crippen LogP contribution < -0.4 is 15.6 Å². The van der Waals surface area contributed by atoms with E-state index in [0.717, 1.165) is 44.5 Å². The molecule has 1 aromatic carbocycles. The van der Waals surface area contributed by atoms with Crippen molar-refractivity contribution in [2.24, 2.45) is 0 Å². The summed E-state index contributed by atoms with van der Waals surface area (Å²) in [6.07, 6.45) is 4.12. The zero-order valence-corrected chi connectivity index (χ0v) is 11.8. The van der Waals surface area contributed by atoms with Crippen LogP contribution in [-0.2, 0) is 0 Å². The Morgan fingerprint density at radius 2 is 1.95 bits per heavy atom. The van der Waals surface area contributed by atoms with Crippen molar-refractivity contribution >= 4 is 16.6 Å². The number of hydrogen-bond donors (Lipinski definition) is 1. The van der Waals surface area contributed by atoms with Gasteiger partial charge in [0.25, 0.3) is 0 Å². The third-order valence-corrected chi connectivity index (χ3v) is 4.39. The molecule has 5 heteroatoms. The molecule has 1 aliphatic carbocycles. The second kappa shape index (κ2) is 4.84. The Morgan fingerprint density at radius 1 is 1.19 bits per heavy atom. The van der Waals surface area contributed by atoms with Crippen molar-refractivity contribution in [1.82, 2.24) is 9.88 Å². The molecule has 2 fully saturated rings. The Labute approximate surface area is 122 Å². The van der Waals surface area contributed by atoms with Crippen molar-refractivity contribution in [1.29, 1.82) is 0 Å². The first-order valence-corrected chi connectivity index (χ1v) is 7.54. The summed E-state index contributed by atoms with van der Waals surface area (Å²) in [4.78, 5) is 14.1. The fraction of sp³-hybridized carbons (Fsp3) is 0.438. The highest BCUT2D eigenvalue weighted by Gasteiger charge is 2.25. The lowest BCUT2D eigenvalue weighted by atomic mass is 10.1. The molecule has 4 rings (SSSR count). The smallest absolute Gasteiger partial charge is 0.189 e. The van der Waals surface area contributed by atoms with Gasteiger partial charge in [0.2, 0.25) is 0 Å². The number of piperazine rings is 1. The van der Waals surface area contributed by atoms with Gasteiger partial charge in [0.1, 0.15) is 5.82 Å². The number of hydrogen-bond acceptors (Lipinski definition) is 3. The van der Waals surface area contributed by atoms with Gasteiger partial charge in [-0.05, 0) is 25.0 Å². The SMILES string of the molecule is O=c1ccn(C2CC2)c2cc(N3CCNCC3)c(F)cc12. The van der Waals surface area contributed by atoms with Gasteiger partial charge in [0, 0.05) is 49.9 Å². The van der Waals surface area contributed by atoms with Gasteiger partial charge in [-0.15, -0.1) is 0 Å². The summed E-state index contributed by atoms with van der Waals surface area (Å²) in [5.74, 6) is -0.296. The van der Waals surface area contributed by atoms with Gasteiger partial charge in [0.15, 0.2) is 5.43 Å². The van der Waals surface area contributed by atoms with Crippen molar-refractivity contribution in [3.05, 3.63) is 40.4 Å². The van der Waals surface area contributed by atoms with Crippen LogP contribution in [0.5, 0.6) is 0 Å². The number of aromatic nitrogens is 1. The maximum atomic E-state index is 14.4. The Kier molecular flexibility index (Phi) is 2.96. The van der Waals surface area contributed by atoms with Crippen LogP contribution in [0.1, 0.15) is 18.9 Å². The molecule has 0 spiro atoms. The van der Waals surface area contributed by atoms with E-state index in [1.165, 1.54) is 6.07 Å². The molecule has 1 saturated carbocycles. The van der Waals surface area contributed by atoms with Crippen LogP contribution in [0.4, 0.5) is 10.1 Å². The van der Waals surface area contributed by atoms with E-state index in [9.17, 15) is 9.18 Å². The third kappa shape index (κ3) is 2.21. The van der Waals surface area contributed by atoms with E-state index in [0.29, 0.717) is 17.1 Å². The van der Waals surface area contributed by atoms with Crippen LogP contribution in [-0.4, -0.2) is 30.7 Å². The van der Waals surface area contributed by atoms with Crippen molar-refractivity contribution in [2.75, 3.05) is 31.1 Å². The normalized spacial score (nSPS) is 19.2. The van der Waals surface area contributed by atoms with Gasteiger partial charge in [-0.3, -0.25) is 4.79 Å². The van der Waals surface area contributed by atoms with Gasteiger partial charge < -0.3 is 14.8 Å². The van der Waals surface area contributed by atoms with Crippen molar-refractivity contribution in [3.63, 3.8) is 0 Å². The lowest BCUT2D eigenvalue weighted by Gasteiger charge is -2.30. The molecule has 0 bridgehead atoms. The van der Waals surface area contributed by atoms with Crippen LogP contribution in [0.25, 0.3) is 10.9 Å². The minimum absolute atomic E-state index is 0.104. The average Bonchev–Trinajstić information content (AvgIpc) is 3.33. The van der Waals surface area contributed by atoms with Gasteiger partial charge in [-0.25, -0.2) is 4.39 Å². The topological polar surface area (TPSA) is 37.3 Å². The summed E-state index contributed by atoms with van der Waals surface area (Å²) in [6, 6.07) is 5.28. The third-order valence-electron chi connectivity index (χ3n) is 4.39. The zero-order valence-electron chi connectivity index (χ0n) is 11.8. The molecule has 21 heavy (non-hydrogen) atoms. The minimum atomic E-state index is -0.296. The predicted octanol–water partition coefficient (Wildman–Crippen LogP) is 1.89. The molecule has 1 aliphatic heterocycles. The summed E-state index contributed by atoms with van der Waals surface area (Å²) in [6.45, 7) is 3.31. The number of benzene rings is 1. The Balaban J connectivity index is 1.90. The first-order valence-electron chi connectivity index (χ1n) is 7.54. The molecule has 110 valence electrons. The van der Waals surface area contributed by atoms with Crippen molar-refractivity contribution < 1.29 is 4.39 Å². The second-order valence-corrected chi connectivity index (χ2v) is 5.88. The first-order chi connectivity index (χ1) is 10.2. The van der Waals surface area contributed by atoms with Gasteiger partial charge in [-0.1, -0.05) is 0 Å². The van der Waals surface area contributed by atoms with Gasteiger partial charge in [-0.2, -0.15) is 0 Å². The fourth-order valence-electron chi connectivity index (χ4n) is 3.10. The van der Waals surface area contributed by atoms with E-state index in [2.05, 4.69) is 14.8 Å². The van der Waals surface area contributed by atoms with Crippen LogP contribution in [0, 0.1) is 5.82 Å². The largest absolute Gasteiger partial charge is 0.367 e. The van der Waals surface area contributed by atoms with Gasteiger partial charge >= 0.3 is 0 Å². The molecule has 1 aromatic heterocycles. The standard InChI is InChI=1S/C16H18FN3O/c17-13-9-12-14(10-15(13)19-7-4-18-5-8-19)20(11-1-2-11)6-3-16(12)21/h3,6,9-11,18H,1-2,4-5,7-8H2. The molecule has 1 saturated heterocycles. The van der Waals surface area contributed by atoms with Crippen LogP contribution in [0.15, 0.2) is 29.2 Å². The number of rotatable bonds is 2. The molecule has 2 aliphatic rings. The number of pyridine rings is 1. The number of halogens is 1.